The molecular weight excluding hydrogens is 1570 g/mol. The first-order valence-corrected chi connectivity index (χ1v) is 44.7. The van der Waals surface area contributed by atoms with Gasteiger partial charge in [0.15, 0.2) is 0 Å². The van der Waals surface area contributed by atoms with E-state index in [1.165, 1.54) is 133 Å². The molecule has 0 bridgehead atoms. The Morgan fingerprint density at radius 1 is 0.146 bits per heavy atom. The molecule has 2 heterocycles. The predicted octanol–water partition coefficient (Wildman–Crippen LogP) is 34.0. The Morgan fingerprint density at radius 3 is 0.792 bits per heavy atom. The molecule has 0 saturated carbocycles. The van der Waals surface area contributed by atoms with E-state index in [9.17, 15) is 0 Å². The maximum absolute atomic E-state index is 6.41. The monoisotopic (exact) mass is 1660 g/mol. The van der Waals surface area contributed by atoms with Crippen LogP contribution >= 0.6 is 0 Å². The zero-order chi connectivity index (χ0) is 86.1. The molecule has 0 atom stereocenters. The van der Waals surface area contributed by atoms with Crippen LogP contribution in [0.4, 0.5) is 34.1 Å². The fraction of sp³-hybridized carbons (Fsp3) is 0.0159. The smallest absolute Gasteiger partial charge is 0.137 e. The van der Waals surface area contributed by atoms with Gasteiger partial charge < -0.3 is 18.6 Å². The van der Waals surface area contributed by atoms with Crippen molar-refractivity contribution in [1.82, 2.24) is 0 Å². The van der Waals surface area contributed by atoms with Gasteiger partial charge in [-0.15, -0.1) is 0 Å². The lowest BCUT2D eigenvalue weighted by molar-refractivity contribution is 0.668. The molecule has 610 valence electrons. The van der Waals surface area contributed by atoms with Crippen LogP contribution in [-0.2, 0) is 10.8 Å². The van der Waals surface area contributed by atoms with E-state index in [4.69, 9.17) is 8.83 Å². The number of rotatable bonds is 16. The maximum atomic E-state index is 6.41. The first kappa shape index (κ1) is 76.7. The Bertz CT molecular complexity index is 8080. The average Bonchev–Trinajstić information content (AvgIpc) is 1.54. The van der Waals surface area contributed by atoms with Gasteiger partial charge in [0.25, 0.3) is 0 Å². The van der Waals surface area contributed by atoms with Crippen LogP contribution in [0.1, 0.15) is 44.5 Å². The van der Waals surface area contributed by atoms with Crippen molar-refractivity contribution in [3.8, 4) is 89.0 Å². The van der Waals surface area contributed by atoms with Crippen molar-refractivity contribution in [2.75, 3.05) is 9.80 Å². The number of hydrogen-bond acceptors (Lipinski definition) is 4. The molecule has 2 aromatic heterocycles. The highest BCUT2D eigenvalue weighted by Crippen LogP contribution is 2.59. The Kier molecular flexibility index (Phi) is 19.0. The van der Waals surface area contributed by atoms with E-state index in [2.05, 4.69) is 495 Å². The highest BCUT2D eigenvalue weighted by molar-refractivity contribution is 6.08. The summed E-state index contributed by atoms with van der Waals surface area (Å²) in [5, 5.41) is 6.97. The van der Waals surface area contributed by atoms with Crippen LogP contribution in [0.15, 0.2) is 518 Å². The lowest BCUT2D eigenvalue weighted by atomic mass is 9.67. The SMILES string of the molecule is c1ccc(-c2ccc(N(c3ccc(-c4ccc(-c5cccc(C6(c7ccccc7)c7ccccc7-c7ccccc76)c5)cc4)cc3)c3ccc4c(c3)oc3ccccc34)cc2)cc1.c1ccc(C2(c3cccc(-c4ccc(-c5ccc(N(c6ccc(-c7cccc8ccccc78)cc6)c6ccc7c(c6)oc6ccccc67)cc5)cc4)c3)c3ccccc3-c3ccccc32)cc1. The number of anilines is 6. The van der Waals surface area contributed by atoms with Crippen LogP contribution in [0, 0.1) is 0 Å². The van der Waals surface area contributed by atoms with Crippen LogP contribution in [0.3, 0.4) is 0 Å². The van der Waals surface area contributed by atoms with Gasteiger partial charge in [0, 0.05) is 67.8 Å². The number of fused-ring (bicyclic) bond motifs is 13. The summed E-state index contributed by atoms with van der Waals surface area (Å²) in [7, 11) is 0. The number of hydrogen-bond donors (Lipinski definition) is 0. The molecule has 0 saturated heterocycles. The van der Waals surface area contributed by atoms with Crippen molar-refractivity contribution in [3.05, 3.63) is 554 Å². The summed E-state index contributed by atoms with van der Waals surface area (Å²) in [6.07, 6.45) is 0. The van der Waals surface area contributed by atoms with Crippen molar-refractivity contribution in [2.24, 2.45) is 0 Å². The molecule has 0 amide bonds. The number of para-hydroxylation sites is 2. The summed E-state index contributed by atoms with van der Waals surface area (Å²) in [5.41, 5.74) is 38.8. The molecule has 2 aliphatic rings. The molecule has 0 aliphatic heterocycles. The summed E-state index contributed by atoms with van der Waals surface area (Å²) in [5.74, 6) is 0. The minimum absolute atomic E-state index is 0.429. The minimum Gasteiger partial charge on any atom is -0.456 e. The molecule has 0 fully saturated rings. The molecule has 0 spiro atoms. The van der Waals surface area contributed by atoms with Gasteiger partial charge in [-0.25, -0.2) is 0 Å². The molecule has 4 heteroatoms. The molecule has 130 heavy (non-hydrogen) atoms. The number of nitrogens with zero attached hydrogens (tertiary/aromatic N) is 2. The quantitative estimate of drug-likeness (QED) is 0.0965. The molecule has 0 unspecified atom stereocenters. The zero-order valence-electron chi connectivity index (χ0n) is 71.2. The molecule has 23 aromatic rings. The van der Waals surface area contributed by atoms with Gasteiger partial charge in [-0.2, -0.15) is 0 Å². The van der Waals surface area contributed by atoms with Crippen LogP contribution < -0.4 is 9.80 Å². The second-order valence-corrected chi connectivity index (χ2v) is 34.0. The molecular formula is C126H84N2O2. The zero-order valence-corrected chi connectivity index (χ0v) is 71.2. The Hall–Kier alpha value is -16.9. The van der Waals surface area contributed by atoms with Gasteiger partial charge >= 0.3 is 0 Å². The third-order valence-corrected chi connectivity index (χ3v) is 27.0. The van der Waals surface area contributed by atoms with Gasteiger partial charge in [0.1, 0.15) is 22.3 Å². The second kappa shape index (κ2) is 32.2. The van der Waals surface area contributed by atoms with E-state index < -0.39 is 10.8 Å². The number of benzene rings is 21. The molecule has 0 radical (unpaired) electrons. The Labute approximate surface area is 756 Å². The highest BCUT2D eigenvalue weighted by Gasteiger charge is 2.48. The molecule has 25 rings (SSSR count). The Balaban J connectivity index is 0.000000144. The van der Waals surface area contributed by atoms with Gasteiger partial charge in [0.2, 0.25) is 0 Å². The van der Waals surface area contributed by atoms with Gasteiger partial charge in [0.05, 0.1) is 10.8 Å². The van der Waals surface area contributed by atoms with Crippen molar-refractivity contribution < 1.29 is 8.83 Å². The maximum Gasteiger partial charge on any atom is 0.137 e. The standard InChI is InChI=1S/C65H43NO.C61H41NO/c1-2-17-50(18-3-1)65(61-25-9-6-21-57(61)58-22-7-10-26-62(58)65)51-19-12-16-49(42-51)46-30-28-44(29-31-46)45-32-36-52(37-33-45)66(54-40-41-60-59-23-8-11-27-63(59)67-64(60)43-54)53-38-34-48(35-39-53)56-24-13-15-47-14-4-5-20-55(47)56;1-3-14-42(15-4-1)44-30-34-50(35-31-44)62(52-38-39-56-55-22-9-12-25-59(55)63-60(56)41-52)51-36-32-45(33-37-51)43-26-28-46(29-27-43)47-16-13-19-49(40-47)61(48-17-5-2-6-18-48)57-23-10-7-20-53(57)54-21-8-11-24-58(54)61/h1-43H;1-41H. The van der Waals surface area contributed by atoms with E-state index in [-0.39, 0.29) is 0 Å². The van der Waals surface area contributed by atoms with Crippen LogP contribution in [0.25, 0.3) is 144 Å². The summed E-state index contributed by atoms with van der Waals surface area (Å²) in [6, 6.07) is 185. The third-order valence-electron chi connectivity index (χ3n) is 27.0. The lowest BCUT2D eigenvalue weighted by Crippen LogP contribution is -2.28. The van der Waals surface area contributed by atoms with Crippen molar-refractivity contribution in [1.29, 1.82) is 0 Å². The first-order valence-electron chi connectivity index (χ1n) is 44.7. The average molecular weight is 1660 g/mol. The summed E-state index contributed by atoms with van der Waals surface area (Å²) in [6.45, 7) is 0. The summed E-state index contributed by atoms with van der Waals surface area (Å²) in [4.78, 5) is 4.63. The van der Waals surface area contributed by atoms with E-state index in [1.54, 1.807) is 0 Å². The van der Waals surface area contributed by atoms with Gasteiger partial charge in [-0.1, -0.05) is 400 Å². The topological polar surface area (TPSA) is 32.8 Å². The van der Waals surface area contributed by atoms with Gasteiger partial charge in [-0.05, 0) is 241 Å². The Morgan fingerprint density at radius 2 is 0.400 bits per heavy atom. The van der Waals surface area contributed by atoms with Crippen molar-refractivity contribution in [3.63, 3.8) is 0 Å². The predicted molar refractivity (Wildman–Crippen MR) is 542 cm³/mol. The largest absolute Gasteiger partial charge is 0.456 e. The van der Waals surface area contributed by atoms with E-state index in [1.807, 2.05) is 24.3 Å². The fourth-order valence-electron chi connectivity index (χ4n) is 20.9. The third kappa shape index (κ3) is 13.1. The highest BCUT2D eigenvalue weighted by atomic mass is 16.3. The van der Waals surface area contributed by atoms with Crippen LogP contribution in [-0.4, -0.2) is 0 Å². The van der Waals surface area contributed by atoms with E-state index in [0.29, 0.717) is 0 Å². The van der Waals surface area contributed by atoms with Crippen molar-refractivity contribution >= 4 is 88.8 Å². The van der Waals surface area contributed by atoms with Crippen LogP contribution in [0.2, 0.25) is 0 Å². The summed E-state index contributed by atoms with van der Waals surface area (Å²) >= 11 is 0. The molecule has 0 N–H and O–H groups in total. The number of furan rings is 2. The molecule has 21 aromatic carbocycles. The molecule has 2 aliphatic carbocycles. The normalized spacial score (nSPS) is 12.6. The van der Waals surface area contributed by atoms with E-state index in [0.717, 1.165) is 89.1 Å². The second-order valence-electron chi connectivity index (χ2n) is 34.0. The minimum atomic E-state index is -0.434. The lowest BCUT2D eigenvalue weighted by Gasteiger charge is -2.34. The fourth-order valence-corrected chi connectivity index (χ4v) is 20.9. The van der Waals surface area contributed by atoms with E-state index >= 15 is 0 Å². The van der Waals surface area contributed by atoms with Gasteiger partial charge in [-0.3, -0.25) is 0 Å². The summed E-state index contributed by atoms with van der Waals surface area (Å²) < 4.78 is 12.8. The molecule has 4 nitrogen and oxygen atoms in total. The van der Waals surface area contributed by atoms with Crippen molar-refractivity contribution in [2.45, 2.75) is 10.8 Å². The van der Waals surface area contributed by atoms with Crippen LogP contribution in [0.5, 0.6) is 0 Å². The first-order chi connectivity index (χ1) is 64.4.